The van der Waals surface area contributed by atoms with E-state index in [1.807, 2.05) is 0 Å². The number of halogens is 4. The summed E-state index contributed by atoms with van der Waals surface area (Å²) in [6.07, 6.45) is -14.7. The minimum absolute atomic E-state index is 0.345. The molecule has 5 atom stereocenters. The van der Waals surface area contributed by atoms with Crippen LogP contribution in [-0.2, 0) is 15.9 Å². The molecule has 0 bridgehead atoms. The van der Waals surface area contributed by atoms with Crippen LogP contribution in [0.4, 0.5) is 17.6 Å². The van der Waals surface area contributed by atoms with E-state index >= 15 is 0 Å². The average Bonchev–Trinajstić information content (AvgIpc) is 2.73. The van der Waals surface area contributed by atoms with Gasteiger partial charge in [-0.2, -0.15) is 13.2 Å². The van der Waals surface area contributed by atoms with Gasteiger partial charge < -0.3 is 35.0 Å². The number of ether oxygens (including phenoxy) is 3. The van der Waals surface area contributed by atoms with Crippen LogP contribution in [0.2, 0.25) is 0 Å². The number of hydrogen-bond donors (Lipinski definition) is 5. The van der Waals surface area contributed by atoms with Gasteiger partial charge in [0.25, 0.3) is 0 Å². The number of aliphatic hydroxyl groups is 3. The fourth-order valence-corrected chi connectivity index (χ4v) is 2.96. The topological polar surface area (TPSA) is 126 Å². The highest BCUT2D eigenvalue weighted by atomic mass is 19.4. The molecule has 0 amide bonds. The fraction of sp³-hybridized carbons (Fsp3) is 0.474. The van der Waals surface area contributed by atoms with Gasteiger partial charge in [-0.15, -0.1) is 0 Å². The normalized spacial score (nSPS) is 27.3. The lowest BCUT2D eigenvalue weighted by atomic mass is 9.99. The number of methoxy groups -OCH3 is 1. The standard InChI is InChI=1S/C19H24F4N2O6/c1-9(30-18-16(28)15(27)14(20)13(8-26)31-18)12(17(25-24)19(21,22)23)7-10-3-5-11(29-2)6-4-10/h3-6,13-16,18,25-28H,1,7-8,24H2,2H3/b17-12-. The van der Waals surface area contributed by atoms with E-state index in [0.29, 0.717) is 11.3 Å². The van der Waals surface area contributed by atoms with Gasteiger partial charge in [0.05, 0.1) is 13.7 Å². The van der Waals surface area contributed by atoms with Crippen molar-refractivity contribution < 1.29 is 47.1 Å². The van der Waals surface area contributed by atoms with Crippen LogP contribution in [0.5, 0.6) is 5.75 Å². The largest absolute Gasteiger partial charge is 0.497 e. The molecule has 31 heavy (non-hydrogen) atoms. The molecule has 1 aromatic rings. The highest BCUT2D eigenvalue weighted by Crippen LogP contribution is 2.33. The Morgan fingerprint density at radius 3 is 2.32 bits per heavy atom. The van der Waals surface area contributed by atoms with Crippen molar-refractivity contribution in [3.05, 3.63) is 53.4 Å². The van der Waals surface area contributed by atoms with E-state index < -0.39 is 60.6 Å². The number of nitrogens with one attached hydrogen (secondary N) is 1. The molecule has 8 nitrogen and oxygen atoms in total. The third-order valence-corrected chi connectivity index (χ3v) is 4.66. The van der Waals surface area contributed by atoms with Crippen LogP contribution in [0, 0.1) is 0 Å². The van der Waals surface area contributed by atoms with E-state index in [4.69, 9.17) is 25.2 Å². The molecule has 1 aliphatic heterocycles. The Kier molecular flexibility index (Phi) is 8.26. The first-order valence-electron chi connectivity index (χ1n) is 9.05. The molecule has 0 saturated carbocycles. The molecule has 174 valence electrons. The number of hydrazine groups is 1. The second-order valence-corrected chi connectivity index (χ2v) is 6.71. The summed E-state index contributed by atoms with van der Waals surface area (Å²) in [5, 5.41) is 28.9. The van der Waals surface area contributed by atoms with E-state index in [1.165, 1.54) is 31.4 Å². The predicted octanol–water partition coefficient (Wildman–Crippen LogP) is 0.825. The molecule has 0 aromatic heterocycles. The molecule has 12 heteroatoms. The summed E-state index contributed by atoms with van der Waals surface area (Å²) in [6, 6.07) is 6.11. The zero-order valence-electron chi connectivity index (χ0n) is 16.5. The van der Waals surface area contributed by atoms with Crippen molar-refractivity contribution in [1.82, 2.24) is 5.43 Å². The zero-order chi connectivity index (χ0) is 23.3. The lowest BCUT2D eigenvalue weighted by molar-refractivity contribution is -0.279. The summed E-state index contributed by atoms with van der Waals surface area (Å²) in [5.74, 6) is 4.99. The third kappa shape index (κ3) is 5.86. The van der Waals surface area contributed by atoms with Crippen LogP contribution >= 0.6 is 0 Å². The van der Waals surface area contributed by atoms with Crippen LogP contribution in [0.3, 0.4) is 0 Å². The van der Waals surface area contributed by atoms with Crippen molar-refractivity contribution in [3.63, 3.8) is 0 Å². The molecule has 6 N–H and O–H groups in total. The Morgan fingerprint density at radius 2 is 1.84 bits per heavy atom. The second kappa shape index (κ2) is 10.3. The van der Waals surface area contributed by atoms with Crippen molar-refractivity contribution >= 4 is 0 Å². The molecule has 1 aliphatic rings. The van der Waals surface area contributed by atoms with Crippen molar-refractivity contribution in [1.29, 1.82) is 0 Å². The first-order valence-corrected chi connectivity index (χ1v) is 9.05. The molecule has 1 aromatic carbocycles. The van der Waals surface area contributed by atoms with Gasteiger partial charge in [-0.05, 0) is 17.7 Å². The molecule has 1 heterocycles. The minimum Gasteiger partial charge on any atom is -0.497 e. The molecular weight excluding hydrogens is 428 g/mol. The van der Waals surface area contributed by atoms with Gasteiger partial charge in [0.2, 0.25) is 6.29 Å². The van der Waals surface area contributed by atoms with E-state index in [1.54, 1.807) is 5.43 Å². The number of rotatable bonds is 8. The number of alkyl halides is 4. The smallest absolute Gasteiger partial charge is 0.432 e. The maximum atomic E-state index is 13.9. The Bertz CT molecular complexity index is 785. The molecule has 0 spiro atoms. The van der Waals surface area contributed by atoms with Gasteiger partial charge in [-0.1, -0.05) is 18.7 Å². The monoisotopic (exact) mass is 452 g/mol. The Hall–Kier alpha value is -2.38. The number of nitrogens with two attached hydrogens (primary N) is 1. The second-order valence-electron chi connectivity index (χ2n) is 6.71. The quantitative estimate of drug-likeness (QED) is 0.129. The van der Waals surface area contributed by atoms with Gasteiger partial charge in [0.1, 0.15) is 35.5 Å². The number of allylic oxidation sites excluding steroid dienone is 2. The van der Waals surface area contributed by atoms with Crippen LogP contribution in [-0.4, -0.2) is 66.0 Å². The van der Waals surface area contributed by atoms with Crippen molar-refractivity contribution in [2.75, 3.05) is 13.7 Å². The highest BCUT2D eigenvalue weighted by molar-refractivity contribution is 5.38. The van der Waals surface area contributed by atoms with Crippen LogP contribution in [0.15, 0.2) is 47.9 Å². The maximum Gasteiger partial charge on any atom is 0.432 e. The van der Waals surface area contributed by atoms with E-state index in [-0.39, 0.29) is 6.42 Å². The zero-order valence-corrected chi connectivity index (χ0v) is 16.5. The predicted molar refractivity (Wildman–Crippen MR) is 100.0 cm³/mol. The summed E-state index contributed by atoms with van der Waals surface area (Å²) < 4.78 is 69.7. The summed E-state index contributed by atoms with van der Waals surface area (Å²) in [6.45, 7) is 2.60. The van der Waals surface area contributed by atoms with E-state index in [2.05, 4.69) is 6.58 Å². The minimum atomic E-state index is -4.91. The first-order chi connectivity index (χ1) is 14.5. The molecule has 5 unspecified atom stereocenters. The summed E-state index contributed by atoms with van der Waals surface area (Å²) in [7, 11) is 1.43. The Balaban J connectivity index is 2.34. The Labute approximate surface area is 175 Å². The lowest BCUT2D eigenvalue weighted by Gasteiger charge is -2.39. The van der Waals surface area contributed by atoms with Gasteiger partial charge in [-0.3, -0.25) is 5.84 Å². The molecule has 2 rings (SSSR count). The van der Waals surface area contributed by atoms with Crippen molar-refractivity contribution in [2.45, 2.75) is 43.4 Å². The molecule has 0 radical (unpaired) electrons. The van der Waals surface area contributed by atoms with Gasteiger partial charge in [-0.25, -0.2) is 4.39 Å². The number of aliphatic hydroxyl groups excluding tert-OH is 3. The SMILES string of the molecule is C=C(OC1OC(CO)C(F)C(O)C1O)/C(Cc1ccc(OC)cc1)=C(\NN)C(F)(F)F. The Morgan fingerprint density at radius 1 is 1.23 bits per heavy atom. The highest BCUT2D eigenvalue weighted by Gasteiger charge is 2.46. The average molecular weight is 452 g/mol. The summed E-state index contributed by atoms with van der Waals surface area (Å²) in [4.78, 5) is 0. The first kappa shape index (κ1) is 24.9. The van der Waals surface area contributed by atoms with Gasteiger partial charge in [0.15, 0.2) is 6.17 Å². The van der Waals surface area contributed by atoms with E-state index in [9.17, 15) is 27.8 Å². The van der Waals surface area contributed by atoms with Crippen molar-refractivity contribution in [2.24, 2.45) is 5.84 Å². The van der Waals surface area contributed by atoms with Crippen LogP contribution in [0.25, 0.3) is 0 Å². The van der Waals surface area contributed by atoms with Crippen LogP contribution < -0.4 is 16.0 Å². The summed E-state index contributed by atoms with van der Waals surface area (Å²) >= 11 is 0. The molecule has 1 fully saturated rings. The third-order valence-electron chi connectivity index (χ3n) is 4.66. The number of benzene rings is 1. The maximum absolute atomic E-state index is 13.9. The van der Waals surface area contributed by atoms with Gasteiger partial charge >= 0.3 is 6.18 Å². The number of hydrogen-bond acceptors (Lipinski definition) is 8. The molecule has 1 saturated heterocycles. The molecular formula is C19H24F4N2O6. The lowest BCUT2D eigenvalue weighted by Crippen LogP contribution is -2.57. The summed E-state index contributed by atoms with van der Waals surface area (Å²) in [5.41, 5.74) is 0.123. The van der Waals surface area contributed by atoms with E-state index in [0.717, 1.165) is 0 Å². The molecule has 0 aliphatic carbocycles. The van der Waals surface area contributed by atoms with Crippen molar-refractivity contribution in [3.8, 4) is 5.75 Å². The van der Waals surface area contributed by atoms with Gasteiger partial charge in [0, 0.05) is 12.0 Å². The van der Waals surface area contributed by atoms with Crippen LogP contribution in [0.1, 0.15) is 5.56 Å². The fourth-order valence-electron chi connectivity index (χ4n) is 2.96.